The predicted octanol–water partition coefficient (Wildman–Crippen LogP) is -1.50. The second kappa shape index (κ2) is 139. The van der Waals surface area contributed by atoms with Gasteiger partial charge in [0.25, 0.3) is 0 Å². The Labute approximate surface area is 33.7 Å². The monoisotopic (exact) mass is 119 g/mol. The van der Waals surface area contributed by atoms with E-state index in [9.17, 15) is 0 Å². The summed E-state index contributed by atoms with van der Waals surface area (Å²) in [5.74, 6) is 0. The summed E-state index contributed by atoms with van der Waals surface area (Å²) in [5, 5.41) is 0. The van der Waals surface area contributed by atoms with Crippen molar-refractivity contribution >= 4 is 0 Å². The third-order valence-electron chi connectivity index (χ3n) is 0. The molecular formula is H5CuFO2. The van der Waals surface area contributed by atoms with Gasteiger partial charge >= 0.3 is 0 Å². The summed E-state index contributed by atoms with van der Waals surface area (Å²) in [6.07, 6.45) is 0. The number of hydrogen-bond donors (Lipinski definition) is 0. The minimum atomic E-state index is 0. The molecule has 4 heavy (non-hydrogen) atoms. The number of hydrogen-bond acceptors (Lipinski definition) is 0. The summed E-state index contributed by atoms with van der Waals surface area (Å²) in [6, 6.07) is 0. The Morgan fingerprint density at radius 1 is 0.750 bits per heavy atom. The van der Waals surface area contributed by atoms with E-state index in [1.165, 1.54) is 0 Å². The SMILES string of the molecule is F.O.O.[Cu]. The van der Waals surface area contributed by atoms with Crippen LogP contribution in [0.3, 0.4) is 0 Å². The van der Waals surface area contributed by atoms with Gasteiger partial charge in [0.15, 0.2) is 0 Å². The molecule has 0 aliphatic carbocycles. The predicted molar refractivity (Wildman–Crippen MR) is 9.73 cm³/mol. The van der Waals surface area contributed by atoms with Gasteiger partial charge in [0.1, 0.15) is 0 Å². The van der Waals surface area contributed by atoms with Crippen LogP contribution in [0.25, 0.3) is 0 Å². The van der Waals surface area contributed by atoms with E-state index in [1.54, 1.807) is 0 Å². The van der Waals surface area contributed by atoms with Crippen molar-refractivity contribution in [1.29, 1.82) is 0 Å². The maximum atomic E-state index is 0. The van der Waals surface area contributed by atoms with Crippen molar-refractivity contribution in [3.8, 4) is 0 Å². The smallest absolute Gasteiger partial charge is 0 e. The average Bonchev–Trinajstić information content (AvgIpc) is 0. The fourth-order valence-electron chi connectivity index (χ4n) is 0. The van der Waals surface area contributed by atoms with E-state index in [1.807, 2.05) is 0 Å². The molecule has 0 saturated carbocycles. The van der Waals surface area contributed by atoms with Crippen molar-refractivity contribution in [2.45, 2.75) is 0 Å². The first-order valence-corrected chi connectivity index (χ1v) is 0. The molecule has 0 aromatic carbocycles. The van der Waals surface area contributed by atoms with Gasteiger partial charge in [0.2, 0.25) is 0 Å². The van der Waals surface area contributed by atoms with Crippen molar-refractivity contribution in [2.24, 2.45) is 0 Å². The Morgan fingerprint density at radius 3 is 0.750 bits per heavy atom. The molecule has 1 radical (unpaired) electrons. The van der Waals surface area contributed by atoms with E-state index in [0.29, 0.717) is 0 Å². The van der Waals surface area contributed by atoms with Gasteiger partial charge in [-0.1, -0.05) is 0 Å². The molecule has 4 heteroatoms. The molecule has 0 heterocycles. The van der Waals surface area contributed by atoms with Crippen LogP contribution in [-0.2, 0) is 17.1 Å². The Balaban J connectivity index is 0. The number of rotatable bonds is 0. The van der Waals surface area contributed by atoms with Crippen LogP contribution in [0.4, 0.5) is 4.70 Å². The molecule has 2 nitrogen and oxygen atoms in total. The van der Waals surface area contributed by atoms with Crippen molar-refractivity contribution in [1.82, 2.24) is 0 Å². The quantitative estimate of drug-likeness (QED) is 0.349. The topological polar surface area (TPSA) is 63.0 Å². The number of halogens is 1. The molecule has 4 N–H and O–H groups in total. The summed E-state index contributed by atoms with van der Waals surface area (Å²) in [7, 11) is 0. The molecular weight excluding hydrogens is 115 g/mol. The molecule has 0 bridgehead atoms. The van der Waals surface area contributed by atoms with E-state index in [0.717, 1.165) is 0 Å². The zero-order valence-corrected chi connectivity index (χ0v) is 2.65. The van der Waals surface area contributed by atoms with Crippen molar-refractivity contribution in [2.75, 3.05) is 0 Å². The van der Waals surface area contributed by atoms with E-state index >= 15 is 0 Å². The van der Waals surface area contributed by atoms with Crippen molar-refractivity contribution in [3.05, 3.63) is 0 Å². The largest absolute Gasteiger partial charge is 0.412 e. The summed E-state index contributed by atoms with van der Waals surface area (Å²) in [4.78, 5) is 0. The van der Waals surface area contributed by atoms with Crippen LogP contribution in [0.5, 0.6) is 0 Å². The molecule has 0 amide bonds. The maximum absolute atomic E-state index is 0. The Hall–Kier alpha value is 0.369. The first-order chi connectivity index (χ1) is 0. The minimum Gasteiger partial charge on any atom is -0.412 e. The normalized spacial score (nSPS) is 0. The first-order valence-electron chi connectivity index (χ1n) is 0. The maximum Gasteiger partial charge on any atom is 0 e. The molecule has 35 valence electrons. The van der Waals surface area contributed by atoms with Gasteiger partial charge in [-0.3, -0.25) is 4.70 Å². The summed E-state index contributed by atoms with van der Waals surface area (Å²) in [6.45, 7) is 0. The van der Waals surface area contributed by atoms with Gasteiger partial charge in [0, 0.05) is 17.1 Å². The Bertz CT molecular complexity index is 6.00. The van der Waals surface area contributed by atoms with Gasteiger partial charge in [-0.15, -0.1) is 0 Å². The molecule has 0 aliphatic heterocycles. The van der Waals surface area contributed by atoms with Gasteiger partial charge in [-0.05, 0) is 0 Å². The van der Waals surface area contributed by atoms with Gasteiger partial charge < -0.3 is 11.0 Å². The van der Waals surface area contributed by atoms with Crippen LogP contribution >= 0.6 is 0 Å². The van der Waals surface area contributed by atoms with E-state index in [4.69, 9.17) is 0 Å². The minimum absolute atomic E-state index is 0. The molecule has 0 spiro atoms. The third kappa shape index (κ3) is 32.6. The van der Waals surface area contributed by atoms with Gasteiger partial charge in [-0.25, -0.2) is 0 Å². The van der Waals surface area contributed by atoms with Crippen LogP contribution < -0.4 is 0 Å². The second-order valence-electron chi connectivity index (χ2n) is 0. The van der Waals surface area contributed by atoms with Crippen molar-refractivity contribution in [3.63, 3.8) is 0 Å². The molecule has 0 aromatic rings. The molecule has 0 fully saturated rings. The van der Waals surface area contributed by atoms with E-state index < -0.39 is 0 Å². The fraction of sp³-hybridized carbons (Fsp3) is 0. The van der Waals surface area contributed by atoms with Crippen LogP contribution in [-0.4, -0.2) is 11.0 Å². The molecule has 0 atom stereocenters. The molecule has 0 saturated heterocycles. The second-order valence-corrected chi connectivity index (χ2v) is 0. The summed E-state index contributed by atoms with van der Waals surface area (Å²) >= 11 is 0. The molecule has 0 aromatic heterocycles. The summed E-state index contributed by atoms with van der Waals surface area (Å²) < 4.78 is 0. The fourth-order valence-corrected chi connectivity index (χ4v) is 0. The molecule has 0 rings (SSSR count). The van der Waals surface area contributed by atoms with Crippen molar-refractivity contribution < 1.29 is 32.7 Å². The first kappa shape index (κ1) is 363. The Kier molecular flexibility index (Phi) is 12600. The zero-order valence-electron chi connectivity index (χ0n) is 1.71. The Morgan fingerprint density at radius 2 is 0.750 bits per heavy atom. The van der Waals surface area contributed by atoms with E-state index in [-0.39, 0.29) is 32.7 Å². The molecule has 0 aliphatic rings. The summed E-state index contributed by atoms with van der Waals surface area (Å²) in [5.41, 5.74) is 0. The van der Waals surface area contributed by atoms with Crippen LogP contribution in [0.2, 0.25) is 0 Å². The van der Waals surface area contributed by atoms with Crippen LogP contribution in [0.1, 0.15) is 0 Å². The zero-order chi connectivity index (χ0) is 0. The third-order valence-corrected chi connectivity index (χ3v) is 0. The van der Waals surface area contributed by atoms with E-state index in [2.05, 4.69) is 0 Å². The standard InChI is InChI=1S/Cu.FH.2H2O/h;1H;2*1H2. The van der Waals surface area contributed by atoms with Gasteiger partial charge in [-0.2, -0.15) is 0 Å². The molecule has 0 unspecified atom stereocenters. The van der Waals surface area contributed by atoms with Crippen LogP contribution in [0.15, 0.2) is 0 Å². The van der Waals surface area contributed by atoms with Gasteiger partial charge in [0.05, 0.1) is 0 Å². The average molecular weight is 120 g/mol. The van der Waals surface area contributed by atoms with Crippen LogP contribution in [0, 0.1) is 0 Å².